The lowest BCUT2D eigenvalue weighted by molar-refractivity contribution is 0.408. The summed E-state index contributed by atoms with van der Waals surface area (Å²) >= 11 is 0. The molecule has 1 N–H and O–H groups in total. The number of anilines is 1. The summed E-state index contributed by atoms with van der Waals surface area (Å²) in [5.41, 5.74) is 1.38. The number of benzene rings is 1. The van der Waals surface area contributed by atoms with Gasteiger partial charge in [0.15, 0.2) is 11.6 Å². The maximum atomic E-state index is 13.6. The lowest BCUT2D eigenvalue weighted by Gasteiger charge is -2.14. The van der Waals surface area contributed by atoms with Gasteiger partial charge in [0, 0.05) is 36.2 Å². The first-order chi connectivity index (χ1) is 10.8. The molecule has 0 aliphatic rings. The van der Waals surface area contributed by atoms with Crippen LogP contribution in [0.3, 0.4) is 0 Å². The van der Waals surface area contributed by atoms with Crippen molar-refractivity contribution in [2.75, 3.05) is 31.0 Å². The van der Waals surface area contributed by atoms with Crippen LogP contribution < -0.4 is 10.1 Å². The van der Waals surface area contributed by atoms with E-state index in [4.69, 9.17) is 4.74 Å². The van der Waals surface area contributed by atoms with Gasteiger partial charge in [0.25, 0.3) is 0 Å². The number of nitrogens with zero attached hydrogens (tertiary/aromatic N) is 1. The van der Waals surface area contributed by atoms with E-state index in [2.05, 4.69) is 10.3 Å². The minimum atomic E-state index is -3.11. The first kappa shape index (κ1) is 17.1. The van der Waals surface area contributed by atoms with Gasteiger partial charge in [-0.05, 0) is 12.1 Å². The van der Waals surface area contributed by atoms with Crippen LogP contribution in [0.25, 0.3) is 11.1 Å². The van der Waals surface area contributed by atoms with Crippen molar-refractivity contribution in [2.45, 2.75) is 0 Å². The number of hydrogen-bond donors (Lipinski definition) is 1. The molecule has 124 valence electrons. The molecule has 1 heterocycles. The Morgan fingerprint density at radius 2 is 1.91 bits per heavy atom. The molecule has 1 aromatic carbocycles. The Morgan fingerprint density at radius 3 is 2.57 bits per heavy atom. The zero-order chi connectivity index (χ0) is 17.0. The zero-order valence-electron chi connectivity index (χ0n) is 12.6. The number of halogens is 2. The van der Waals surface area contributed by atoms with E-state index in [0.717, 1.165) is 18.4 Å². The zero-order valence-corrected chi connectivity index (χ0v) is 13.5. The molecule has 0 fully saturated rings. The molecule has 0 bridgehead atoms. The highest BCUT2D eigenvalue weighted by atomic mass is 32.2. The number of pyridine rings is 1. The van der Waals surface area contributed by atoms with Crippen LogP contribution >= 0.6 is 0 Å². The van der Waals surface area contributed by atoms with Crippen molar-refractivity contribution in [1.29, 1.82) is 0 Å². The lowest BCUT2D eigenvalue weighted by atomic mass is 10.0. The van der Waals surface area contributed by atoms with Gasteiger partial charge >= 0.3 is 0 Å². The number of hydrogen-bond acceptors (Lipinski definition) is 5. The fourth-order valence-corrected chi connectivity index (χ4v) is 2.52. The molecule has 0 saturated carbocycles. The van der Waals surface area contributed by atoms with Crippen molar-refractivity contribution in [3.63, 3.8) is 0 Å². The van der Waals surface area contributed by atoms with Crippen molar-refractivity contribution in [3.05, 3.63) is 42.2 Å². The SMILES string of the molecule is COc1cc(F)c(F)cc1-c1ccncc1NCCS(C)(=O)=O. The van der Waals surface area contributed by atoms with Gasteiger partial charge in [-0.1, -0.05) is 0 Å². The maximum absolute atomic E-state index is 13.6. The Morgan fingerprint density at radius 1 is 1.22 bits per heavy atom. The summed E-state index contributed by atoms with van der Waals surface area (Å²) in [5.74, 6) is -1.90. The molecular weight excluding hydrogens is 326 g/mol. The first-order valence-electron chi connectivity index (χ1n) is 6.71. The van der Waals surface area contributed by atoms with E-state index in [1.54, 1.807) is 6.07 Å². The van der Waals surface area contributed by atoms with Gasteiger partial charge < -0.3 is 10.1 Å². The quantitative estimate of drug-likeness (QED) is 0.873. The fraction of sp³-hybridized carbons (Fsp3) is 0.267. The van der Waals surface area contributed by atoms with Crippen molar-refractivity contribution < 1.29 is 21.9 Å². The summed E-state index contributed by atoms with van der Waals surface area (Å²) in [4.78, 5) is 3.96. The number of ether oxygens (including phenoxy) is 1. The van der Waals surface area contributed by atoms with Crippen molar-refractivity contribution in [2.24, 2.45) is 0 Å². The van der Waals surface area contributed by atoms with Crippen molar-refractivity contribution >= 4 is 15.5 Å². The van der Waals surface area contributed by atoms with Crippen LogP contribution in [-0.2, 0) is 9.84 Å². The molecule has 0 spiro atoms. The van der Waals surface area contributed by atoms with Gasteiger partial charge in [0.1, 0.15) is 15.6 Å². The van der Waals surface area contributed by atoms with E-state index in [0.29, 0.717) is 16.8 Å². The molecule has 0 radical (unpaired) electrons. The molecular formula is C15H16F2N2O3S. The Kier molecular flexibility index (Phi) is 5.15. The van der Waals surface area contributed by atoms with Gasteiger partial charge in [-0.25, -0.2) is 17.2 Å². The molecule has 0 aliphatic carbocycles. The third-order valence-corrected chi connectivity index (χ3v) is 4.09. The van der Waals surface area contributed by atoms with Gasteiger partial charge in [-0.15, -0.1) is 0 Å². The van der Waals surface area contributed by atoms with E-state index >= 15 is 0 Å². The molecule has 0 atom stereocenters. The summed E-state index contributed by atoms with van der Waals surface area (Å²) < 4.78 is 54.4. The van der Waals surface area contributed by atoms with E-state index in [9.17, 15) is 17.2 Å². The highest BCUT2D eigenvalue weighted by Gasteiger charge is 2.15. The highest BCUT2D eigenvalue weighted by Crippen LogP contribution is 2.35. The second-order valence-electron chi connectivity index (χ2n) is 4.94. The van der Waals surface area contributed by atoms with E-state index in [1.807, 2.05) is 0 Å². The minimum absolute atomic E-state index is 0.0593. The normalized spacial score (nSPS) is 11.3. The second-order valence-corrected chi connectivity index (χ2v) is 7.20. The first-order valence-corrected chi connectivity index (χ1v) is 8.77. The molecule has 0 aliphatic heterocycles. The van der Waals surface area contributed by atoms with Gasteiger partial charge in [-0.2, -0.15) is 0 Å². The fourth-order valence-electron chi connectivity index (χ4n) is 2.05. The average molecular weight is 342 g/mol. The predicted molar refractivity (Wildman–Crippen MR) is 84.3 cm³/mol. The summed E-state index contributed by atoms with van der Waals surface area (Å²) in [5, 5.41) is 2.94. The summed E-state index contributed by atoms with van der Waals surface area (Å²) in [6, 6.07) is 3.61. The number of rotatable bonds is 6. The molecule has 8 heteroatoms. The number of sulfone groups is 1. The maximum Gasteiger partial charge on any atom is 0.162 e. The summed E-state index contributed by atoms with van der Waals surface area (Å²) in [6.07, 6.45) is 4.12. The lowest BCUT2D eigenvalue weighted by Crippen LogP contribution is -2.14. The summed E-state index contributed by atoms with van der Waals surface area (Å²) in [6.45, 7) is 0.170. The third kappa shape index (κ3) is 4.38. The number of methoxy groups -OCH3 is 1. The van der Waals surface area contributed by atoms with Crippen molar-refractivity contribution in [1.82, 2.24) is 4.98 Å². The van der Waals surface area contributed by atoms with Crippen LogP contribution in [0.2, 0.25) is 0 Å². The topological polar surface area (TPSA) is 68.3 Å². The van der Waals surface area contributed by atoms with Crippen LogP contribution in [0.1, 0.15) is 0 Å². The number of aromatic nitrogens is 1. The minimum Gasteiger partial charge on any atom is -0.496 e. The molecule has 2 rings (SSSR count). The molecule has 1 aromatic heterocycles. The highest BCUT2D eigenvalue weighted by molar-refractivity contribution is 7.90. The molecule has 23 heavy (non-hydrogen) atoms. The van der Waals surface area contributed by atoms with Crippen LogP contribution in [0, 0.1) is 11.6 Å². The smallest absolute Gasteiger partial charge is 0.162 e. The third-order valence-electron chi connectivity index (χ3n) is 3.14. The van der Waals surface area contributed by atoms with Crippen LogP contribution in [0.4, 0.5) is 14.5 Å². The van der Waals surface area contributed by atoms with E-state index in [1.165, 1.54) is 19.5 Å². The van der Waals surface area contributed by atoms with Gasteiger partial charge in [-0.3, -0.25) is 4.98 Å². The Bertz CT molecular complexity index is 810. The number of nitrogens with one attached hydrogen (secondary N) is 1. The Balaban J connectivity index is 2.39. The predicted octanol–water partition coefficient (Wildman–Crippen LogP) is 2.49. The van der Waals surface area contributed by atoms with E-state index in [-0.39, 0.29) is 18.0 Å². The van der Waals surface area contributed by atoms with Gasteiger partial charge in [0.05, 0.1) is 24.7 Å². The largest absolute Gasteiger partial charge is 0.496 e. The molecule has 5 nitrogen and oxygen atoms in total. The monoisotopic (exact) mass is 342 g/mol. The Hall–Kier alpha value is -2.22. The van der Waals surface area contributed by atoms with Crippen LogP contribution in [0.15, 0.2) is 30.6 Å². The molecule has 0 saturated heterocycles. The van der Waals surface area contributed by atoms with E-state index < -0.39 is 21.5 Å². The van der Waals surface area contributed by atoms with Crippen LogP contribution in [-0.4, -0.2) is 39.1 Å². The molecule has 0 unspecified atom stereocenters. The van der Waals surface area contributed by atoms with Gasteiger partial charge in [0.2, 0.25) is 0 Å². The van der Waals surface area contributed by atoms with Crippen LogP contribution in [0.5, 0.6) is 5.75 Å². The summed E-state index contributed by atoms with van der Waals surface area (Å²) in [7, 11) is -1.76. The van der Waals surface area contributed by atoms with Crippen molar-refractivity contribution in [3.8, 4) is 16.9 Å². The average Bonchev–Trinajstić information content (AvgIpc) is 2.49. The second kappa shape index (κ2) is 6.91. The molecule has 0 amide bonds. The molecule has 2 aromatic rings. The standard InChI is InChI=1S/C15H16F2N2O3S/c1-22-15-8-13(17)12(16)7-11(15)10-3-4-18-9-14(10)19-5-6-23(2,20)21/h3-4,7-9,19H,5-6H2,1-2H3. The Labute approximate surface area is 133 Å².